The van der Waals surface area contributed by atoms with Gasteiger partial charge in [0.2, 0.25) is 0 Å². The van der Waals surface area contributed by atoms with Crippen LogP contribution in [0, 0.1) is 0 Å². The van der Waals surface area contributed by atoms with Crippen LogP contribution in [0.5, 0.6) is 0 Å². The molecule has 2 aromatic heterocycles. The van der Waals surface area contributed by atoms with Crippen molar-refractivity contribution >= 4 is 22.9 Å². The quantitative estimate of drug-likeness (QED) is 0.888. The van der Waals surface area contributed by atoms with Gasteiger partial charge in [0.1, 0.15) is 0 Å². The van der Waals surface area contributed by atoms with Crippen LogP contribution in [-0.4, -0.2) is 11.5 Å². The summed E-state index contributed by atoms with van der Waals surface area (Å²) in [5, 5.41) is 8.43. The fourth-order valence-electron chi connectivity index (χ4n) is 1.68. The SMILES string of the molecule is CCCNC(c1ccsc1)c1ccc(Cl)cn1. The number of halogens is 1. The number of hydrogen-bond donors (Lipinski definition) is 1. The van der Waals surface area contributed by atoms with Gasteiger partial charge in [-0.1, -0.05) is 18.5 Å². The Morgan fingerprint density at radius 2 is 2.29 bits per heavy atom. The van der Waals surface area contributed by atoms with Gasteiger partial charge in [0.25, 0.3) is 0 Å². The van der Waals surface area contributed by atoms with Crippen molar-refractivity contribution in [1.29, 1.82) is 0 Å². The maximum absolute atomic E-state index is 5.86. The summed E-state index contributed by atoms with van der Waals surface area (Å²) in [7, 11) is 0. The standard InChI is InChI=1S/C13H15ClN2S/c1-2-6-15-13(10-5-7-17-9-10)12-4-3-11(14)8-16-12/h3-5,7-9,13,15H,2,6H2,1H3. The second-order valence-electron chi connectivity index (χ2n) is 3.85. The van der Waals surface area contributed by atoms with Crippen LogP contribution >= 0.6 is 22.9 Å². The minimum absolute atomic E-state index is 0.165. The molecule has 2 aromatic rings. The van der Waals surface area contributed by atoms with Crippen molar-refractivity contribution in [3.8, 4) is 0 Å². The number of aromatic nitrogens is 1. The highest BCUT2D eigenvalue weighted by atomic mass is 35.5. The van der Waals surface area contributed by atoms with Gasteiger partial charge < -0.3 is 5.32 Å². The third-order valence-corrected chi connectivity index (χ3v) is 3.45. The van der Waals surface area contributed by atoms with Crippen molar-refractivity contribution in [2.75, 3.05) is 6.54 Å². The van der Waals surface area contributed by atoms with Crippen LogP contribution in [0.1, 0.15) is 30.6 Å². The highest BCUT2D eigenvalue weighted by Gasteiger charge is 2.14. The molecule has 0 fully saturated rings. The van der Waals surface area contributed by atoms with Gasteiger partial charge in [-0.15, -0.1) is 0 Å². The first-order chi connectivity index (χ1) is 8.31. The zero-order valence-electron chi connectivity index (χ0n) is 9.69. The van der Waals surface area contributed by atoms with Crippen LogP contribution in [0.4, 0.5) is 0 Å². The molecule has 0 aliphatic heterocycles. The average Bonchev–Trinajstić information content (AvgIpc) is 2.85. The molecule has 2 nitrogen and oxygen atoms in total. The molecule has 0 aliphatic rings. The van der Waals surface area contributed by atoms with Crippen molar-refractivity contribution < 1.29 is 0 Å². The molecule has 0 bridgehead atoms. The molecule has 0 radical (unpaired) electrons. The molecule has 1 unspecified atom stereocenters. The predicted octanol–water partition coefficient (Wildman–Crippen LogP) is 3.89. The Hall–Kier alpha value is -0.900. The zero-order valence-corrected chi connectivity index (χ0v) is 11.3. The first-order valence-electron chi connectivity index (χ1n) is 5.68. The number of thiophene rings is 1. The van der Waals surface area contributed by atoms with E-state index in [2.05, 4.69) is 34.1 Å². The van der Waals surface area contributed by atoms with Gasteiger partial charge in [0.05, 0.1) is 16.8 Å². The summed E-state index contributed by atoms with van der Waals surface area (Å²) >= 11 is 7.57. The molecule has 4 heteroatoms. The zero-order chi connectivity index (χ0) is 12.1. The van der Waals surface area contributed by atoms with Gasteiger partial charge in [-0.05, 0) is 47.5 Å². The highest BCUT2D eigenvalue weighted by Crippen LogP contribution is 2.23. The first kappa shape index (κ1) is 12.6. The molecule has 1 atom stereocenters. The third-order valence-electron chi connectivity index (χ3n) is 2.52. The lowest BCUT2D eigenvalue weighted by Crippen LogP contribution is -2.23. The Balaban J connectivity index is 2.23. The van der Waals surface area contributed by atoms with E-state index < -0.39 is 0 Å². The Kier molecular flexibility index (Phi) is 4.54. The minimum atomic E-state index is 0.165. The van der Waals surface area contributed by atoms with E-state index in [0.717, 1.165) is 18.7 Å². The van der Waals surface area contributed by atoms with Gasteiger partial charge >= 0.3 is 0 Å². The van der Waals surface area contributed by atoms with E-state index in [0.29, 0.717) is 5.02 Å². The number of rotatable bonds is 5. The van der Waals surface area contributed by atoms with Crippen LogP contribution in [0.2, 0.25) is 5.02 Å². The highest BCUT2D eigenvalue weighted by molar-refractivity contribution is 7.08. The molecule has 2 rings (SSSR count). The van der Waals surface area contributed by atoms with E-state index in [-0.39, 0.29) is 6.04 Å². The van der Waals surface area contributed by atoms with Crippen molar-refractivity contribution in [2.45, 2.75) is 19.4 Å². The molecule has 2 heterocycles. The van der Waals surface area contributed by atoms with Gasteiger partial charge in [-0.25, -0.2) is 0 Å². The second-order valence-corrected chi connectivity index (χ2v) is 5.06. The predicted molar refractivity (Wildman–Crippen MR) is 73.7 cm³/mol. The third kappa shape index (κ3) is 3.28. The summed E-state index contributed by atoms with van der Waals surface area (Å²) in [6, 6.07) is 6.16. The minimum Gasteiger partial charge on any atom is -0.305 e. The molecule has 0 saturated carbocycles. The molecule has 1 N–H and O–H groups in total. The molecule has 17 heavy (non-hydrogen) atoms. The normalized spacial score (nSPS) is 12.6. The van der Waals surface area contributed by atoms with E-state index in [1.165, 1.54) is 5.56 Å². The van der Waals surface area contributed by atoms with Crippen LogP contribution in [-0.2, 0) is 0 Å². The summed E-state index contributed by atoms with van der Waals surface area (Å²) in [6.45, 7) is 3.14. The lowest BCUT2D eigenvalue weighted by atomic mass is 10.1. The first-order valence-corrected chi connectivity index (χ1v) is 7.00. The summed E-state index contributed by atoms with van der Waals surface area (Å²) in [4.78, 5) is 4.40. The average molecular weight is 267 g/mol. The topological polar surface area (TPSA) is 24.9 Å². The van der Waals surface area contributed by atoms with Crippen molar-refractivity contribution in [1.82, 2.24) is 10.3 Å². The number of pyridine rings is 1. The molecular weight excluding hydrogens is 252 g/mol. The fourth-order valence-corrected chi connectivity index (χ4v) is 2.48. The molecule has 0 saturated heterocycles. The van der Waals surface area contributed by atoms with Crippen LogP contribution in [0.3, 0.4) is 0 Å². The van der Waals surface area contributed by atoms with Crippen LogP contribution in [0.25, 0.3) is 0 Å². The smallest absolute Gasteiger partial charge is 0.0759 e. The van der Waals surface area contributed by atoms with Crippen LogP contribution < -0.4 is 5.32 Å². The molecular formula is C13H15ClN2S. The summed E-state index contributed by atoms with van der Waals surface area (Å²) in [5.41, 5.74) is 2.28. The van der Waals surface area contributed by atoms with Gasteiger partial charge in [0.15, 0.2) is 0 Å². The van der Waals surface area contributed by atoms with Crippen molar-refractivity contribution in [3.63, 3.8) is 0 Å². The molecule has 0 amide bonds. The van der Waals surface area contributed by atoms with Gasteiger partial charge in [-0.2, -0.15) is 11.3 Å². The Morgan fingerprint density at radius 3 is 2.88 bits per heavy atom. The second kappa shape index (κ2) is 6.15. The molecule has 0 aromatic carbocycles. The maximum Gasteiger partial charge on any atom is 0.0759 e. The van der Waals surface area contributed by atoms with E-state index in [1.54, 1.807) is 17.5 Å². The summed E-state index contributed by atoms with van der Waals surface area (Å²) in [6.07, 6.45) is 2.80. The van der Waals surface area contributed by atoms with Crippen molar-refractivity contribution in [2.24, 2.45) is 0 Å². The largest absolute Gasteiger partial charge is 0.305 e. The number of nitrogens with one attached hydrogen (secondary N) is 1. The lowest BCUT2D eigenvalue weighted by molar-refractivity contribution is 0.588. The van der Waals surface area contributed by atoms with E-state index in [9.17, 15) is 0 Å². The van der Waals surface area contributed by atoms with Gasteiger partial charge in [-0.3, -0.25) is 4.98 Å². The Bertz CT molecular complexity index is 439. The monoisotopic (exact) mass is 266 g/mol. The molecule has 90 valence electrons. The van der Waals surface area contributed by atoms with E-state index in [1.807, 2.05) is 12.1 Å². The van der Waals surface area contributed by atoms with Crippen LogP contribution in [0.15, 0.2) is 35.2 Å². The van der Waals surface area contributed by atoms with Crippen molar-refractivity contribution in [3.05, 3.63) is 51.4 Å². The molecule has 0 aliphatic carbocycles. The maximum atomic E-state index is 5.86. The fraction of sp³-hybridized carbons (Fsp3) is 0.308. The van der Waals surface area contributed by atoms with Gasteiger partial charge in [0, 0.05) is 6.20 Å². The Morgan fingerprint density at radius 1 is 1.41 bits per heavy atom. The summed E-state index contributed by atoms with van der Waals surface area (Å²) in [5.74, 6) is 0. The lowest BCUT2D eigenvalue weighted by Gasteiger charge is -2.17. The number of nitrogens with zero attached hydrogens (tertiary/aromatic N) is 1. The summed E-state index contributed by atoms with van der Waals surface area (Å²) < 4.78 is 0. The number of hydrogen-bond acceptors (Lipinski definition) is 3. The van der Waals surface area contributed by atoms with E-state index >= 15 is 0 Å². The van der Waals surface area contributed by atoms with E-state index in [4.69, 9.17) is 11.6 Å². The molecule has 0 spiro atoms. The Labute approximate surface area is 111 Å².